The summed E-state index contributed by atoms with van der Waals surface area (Å²) in [5.41, 5.74) is 2.06. The molecule has 0 spiro atoms. The van der Waals surface area contributed by atoms with Gasteiger partial charge in [0.2, 0.25) is 0 Å². The van der Waals surface area contributed by atoms with E-state index < -0.39 is 5.54 Å². The molecule has 0 saturated carbocycles. The van der Waals surface area contributed by atoms with Crippen LogP contribution in [0.4, 0.5) is 0 Å². The predicted octanol–water partition coefficient (Wildman–Crippen LogP) is 4.70. The maximum atomic E-state index is 13.2. The van der Waals surface area contributed by atoms with E-state index in [9.17, 15) is 4.79 Å². The second-order valence-electron chi connectivity index (χ2n) is 7.79. The maximum Gasteiger partial charge on any atom is 0.256 e. The van der Waals surface area contributed by atoms with Gasteiger partial charge in [-0.2, -0.15) is 5.10 Å². The number of benzene rings is 1. The molecule has 3 aromatic rings. The molecule has 4 rings (SSSR count). The van der Waals surface area contributed by atoms with Gasteiger partial charge in [-0.25, -0.2) is 4.98 Å². The number of rotatable bonds is 7. The number of thiophene rings is 1. The standard InChI is InChI=1S/C23H26N4O2S/c1-4-5-12-29-17-9-7-16(8-10-17)23(3)13-18(19-11-6-15(2)30-19)20(22(28)26-23)21-24-14-25-27-21/h6-11,14H,4-5,12-13H2,1-3H3,(H,26,28)(H,24,25,27). The van der Waals surface area contributed by atoms with Crippen LogP contribution in [0.5, 0.6) is 5.75 Å². The van der Waals surface area contributed by atoms with Crippen LogP contribution in [-0.4, -0.2) is 27.7 Å². The highest BCUT2D eigenvalue weighted by Crippen LogP contribution is 2.42. The van der Waals surface area contributed by atoms with Crippen LogP contribution < -0.4 is 10.1 Å². The summed E-state index contributed by atoms with van der Waals surface area (Å²) < 4.78 is 5.79. The summed E-state index contributed by atoms with van der Waals surface area (Å²) in [6.45, 7) is 7.00. The van der Waals surface area contributed by atoms with Crippen LogP contribution in [0.1, 0.15) is 54.3 Å². The minimum absolute atomic E-state index is 0.148. The molecule has 0 aliphatic carbocycles. The lowest BCUT2D eigenvalue weighted by Crippen LogP contribution is -2.47. The number of hydrogen-bond donors (Lipinski definition) is 2. The zero-order valence-electron chi connectivity index (χ0n) is 17.5. The number of amides is 1. The molecule has 6 nitrogen and oxygen atoms in total. The third-order valence-corrected chi connectivity index (χ3v) is 6.46. The highest BCUT2D eigenvalue weighted by molar-refractivity contribution is 7.13. The van der Waals surface area contributed by atoms with Gasteiger partial charge in [-0.3, -0.25) is 9.89 Å². The molecular formula is C23H26N4O2S. The number of ether oxygens (including phenoxy) is 1. The van der Waals surface area contributed by atoms with Crippen LogP contribution in [-0.2, 0) is 10.3 Å². The molecule has 0 bridgehead atoms. The number of aryl methyl sites for hydroxylation is 1. The molecule has 1 amide bonds. The average Bonchev–Trinajstić information content (AvgIpc) is 3.40. The first-order chi connectivity index (χ1) is 14.5. The summed E-state index contributed by atoms with van der Waals surface area (Å²) in [6.07, 6.45) is 4.23. The average molecular weight is 423 g/mol. The summed E-state index contributed by atoms with van der Waals surface area (Å²) in [6, 6.07) is 12.2. The van der Waals surface area contributed by atoms with Crippen LogP contribution in [0.2, 0.25) is 0 Å². The third kappa shape index (κ3) is 4.03. The fourth-order valence-electron chi connectivity index (χ4n) is 3.75. The normalized spacial score (nSPS) is 19.1. The van der Waals surface area contributed by atoms with Crippen LogP contribution in [0.25, 0.3) is 11.1 Å². The van der Waals surface area contributed by atoms with Gasteiger partial charge in [-0.15, -0.1) is 11.3 Å². The van der Waals surface area contributed by atoms with E-state index in [2.05, 4.69) is 53.4 Å². The quantitative estimate of drug-likeness (QED) is 0.541. The van der Waals surface area contributed by atoms with Gasteiger partial charge >= 0.3 is 0 Å². The van der Waals surface area contributed by atoms with Gasteiger partial charge in [0.1, 0.15) is 12.1 Å². The Morgan fingerprint density at radius 3 is 2.63 bits per heavy atom. The van der Waals surface area contributed by atoms with Crippen LogP contribution in [0, 0.1) is 6.92 Å². The van der Waals surface area contributed by atoms with Gasteiger partial charge < -0.3 is 10.1 Å². The number of aromatic nitrogens is 3. The van der Waals surface area contributed by atoms with Gasteiger partial charge in [0.05, 0.1) is 17.7 Å². The Bertz CT molecular complexity index is 1050. The van der Waals surface area contributed by atoms with Crippen molar-refractivity contribution < 1.29 is 9.53 Å². The van der Waals surface area contributed by atoms with E-state index in [1.165, 1.54) is 11.2 Å². The Hall–Kier alpha value is -2.93. The van der Waals surface area contributed by atoms with Crippen molar-refractivity contribution >= 4 is 28.4 Å². The topological polar surface area (TPSA) is 79.9 Å². The predicted molar refractivity (Wildman–Crippen MR) is 119 cm³/mol. The summed E-state index contributed by atoms with van der Waals surface area (Å²) >= 11 is 1.69. The van der Waals surface area contributed by atoms with Crippen molar-refractivity contribution in [3.63, 3.8) is 0 Å². The van der Waals surface area contributed by atoms with E-state index in [1.54, 1.807) is 11.3 Å². The van der Waals surface area contributed by atoms with E-state index in [0.717, 1.165) is 41.2 Å². The van der Waals surface area contributed by atoms with E-state index in [4.69, 9.17) is 4.74 Å². The lowest BCUT2D eigenvalue weighted by molar-refractivity contribution is -0.117. The van der Waals surface area contributed by atoms with Crippen molar-refractivity contribution in [1.29, 1.82) is 0 Å². The van der Waals surface area contributed by atoms with Crippen molar-refractivity contribution in [3.8, 4) is 5.75 Å². The van der Waals surface area contributed by atoms with Crippen molar-refractivity contribution in [2.45, 2.75) is 45.6 Å². The fourth-order valence-corrected chi connectivity index (χ4v) is 4.66. The molecule has 1 unspecified atom stereocenters. The van der Waals surface area contributed by atoms with E-state index in [-0.39, 0.29) is 5.91 Å². The second-order valence-corrected chi connectivity index (χ2v) is 9.08. The van der Waals surface area contributed by atoms with Gasteiger partial charge in [0.15, 0.2) is 5.82 Å². The SMILES string of the molecule is CCCCOc1ccc(C2(C)CC(c3ccc(C)s3)=C(c3ncn[nH]3)C(=O)N2)cc1. The Labute approximate surface area is 180 Å². The number of carbonyl (C=O) groups excluding carboxylic acids is 1. The lowest BCUT2D eigenvalue weighted by Gasteiger charge is -2.37. The molecule has 2 N–H and O–H groups in total. The monoisotopic (exact) mass is 422 g/mol. The summed E-state index contributed by atoms with van der Waals surface area (Å²) in [5, 5.41) is 10.00. The number of H-pyrrole nitrogens is 1. The Morgan fingerprint density at radius 1 is 1.20 bits per heavy atom. The Morgan fingerprint density at radius 2 is 2.00 bits per heavy atom. The van der Waals surface area contributed by atoms with Crippen molar-refractivity contribution in [2.75, 3.05) is 6.61 Å². The molecular weight excluding hydrogens is 396 g/mol. The van der Waals surface area contributed by atoms with Gasteiger partial charge in [0, 0.05) is 16.2 Å². The number of carbonyl (C=O) groups is 1. The minimum atomic E-state index is -0.532. The molecule has 1 aliphatic heterocycles. The number of aromatic amines is 1. The van der Waals surface area contributed by atoms with Gasteiger partial charge in [-0.05, 0) is 55.7 Å². The molecule has 0 saturated heterocycles. The summed E-state index contributed by atoms with van der Waals surface area (Å²) in [4.78, 5) is 19.8. The second kappa shape index (κ2) is 8.44. The molecule has 156 valence electrons. The largest absolute Gasteiger partial charge is 0.494 e. The smallest absolute Gasteiger partial charge is 0.256 e. The first-order valence-electron chi connectivity index (χ1n) is 10.2. The number of hydrogen-bond acceptors (Lipinski definition) is 5. The highest BCUT2D eigenvalue weighted by atomic mass is 32.1. The first kappa shape index (κ1) is 20.3. The Kier molecular flexibility index (Phi) is 5.72. The number of nitrogens with zero attached hydrogens (tertiary/aromatic N) is 2. The van der Waals surface area contributed by atoms with E-state index in [0.29, 0.717) is 17.8 Å². The molecule has 30 heavy (non-hydrogen) atoms. The van der Waals surface area contributed by atoms with Crippen LogP contribution in [0.3, 0.4) is 0 Å². The molecule has 1 atom stereocenters. The van der Waals surface area contributed by atoms with Crippen LogP contribution in [0.15, 0.2) is 42.7 Å². The molecule has 3 heterocycles. The highest BCUT2D eigenvalue weighted by Gasteiger charge is 2.39. The number of nitrogens with one attached hydrogen (secondary N) is 2. The molecule has 7 heteroatoms. The van der Waals surface area contributed by atoms with Crippen molar-refractivity contribution in [2.24, 2.45) is 0 Å². The first-order valence-corrected chi connectivity index (χ1v) is 11.0. The molecule has 0 radical (unpaired) electrons. The summed E-state index contributed by atoms with van der Waals surface area (Å²) in [5.74, 6) is 1.20. The zero-order valence-corrected chi connectivity index (χ0v) is 18.3. The molecule has 1 aromatic carbocycles. The zero-order chi connectivity index (χ0) is 21.1. The summed E-state index contributed by atoms with van der Waals surface area (Å²) in [7, 11) is 0. The minimum Gasteiger partial charge on any atom is -0.494 e. The third-order valence-electron chi connectivity index (χ3n) is 5.40. The molecule has 1 aliphatic rings. The van der Waals surface area contributed by atoms with Crippen LogP contribution >= 0.6 is 11.3 Å². The Balaban J connectivity index is 1.69. The van der Waals surface area contributed by atoms with Gasteiger partial charge in [-0.1, -0.05) is 25.5 Å². The van der Waals surface area contributed by atoms with E-state index >= 15 is 0 Å². The molecule has 0 fully saturated rings. The molecule has 2 aromatic heterocycles. The number of unbranched alkanes of at least 4 members (excludes halogenated alkanes) is 1. The van der Waals surface area contributed by atoms with Gasteiger partial charge in [0.25, 0.3) is 5.91 Å². The van der Waals surface area contributed by atoms with Crippen molar-refractivity contribution in [1.82, 2.24) is 20.5 Å². The lowest BCUT2D eigenvalue weighted by atomic mass is 9.80. The van der Waals surface area contributed by atoms with E-state index in [1.807, 2.05) is 24.3 Å². The fraction of sp³-hybridized carbons (Fsp3) is 0.348. The maximum absolute atomic E-state index is 13.2. The van der Waals surface area contributed by atoms with Crippen molar-refractivity contribution in [3.05, 3.63) is 63.9 Å².